The number of rotatable bonds is 5. The van der Waals surface area contributed by atoms with Gasteiger partial charge in [0.25, 0.3) is 0 Å². The maximum atomic E-state index is 13.0. The Morgan fingerprint density at radius 1 is 1.17 bits per heavy atom. The molecule has 1 aromatic carbocycles. The van der Waals surface area contributed by atoms with Gasteiger partial charge in [-0.05, 0) is 30.5 Å². The third-order valence-electron chi connectivity index (χ3n) is 3.81. The molecule has 1 fully saturated rings. The highest BCUT2D eigenvalue weighted by Gasteiger charge is 2.32. The third kappa shape index (κ3) is 3.06. The maximum absolute atomic E-state index is 13.0. The Labute approximate surface area is 106 Å². The van der Waals surface area contributed by atoms with Crippen molar-refractivity contribution >= 4 is 0 Å². The first-order valence-corrected chi connectivity index (χ1v) is 6.41. The van der Waals surface area contributed by atoms with Crippen molar-refractivity contribution in [2.45, 2.75) is 32.2 Å². The van der Waals surface area contributed by atoms with Crippen molar-refractivity contribution in [1.29, 1.82) is 0 Å². The zero-order valence-corrected chi connectivity index (χ0v) is 10.4. The first kappa shape index (κ1) is 13.4. The molecule has 1 aromatic rings. The van der Waals surface area contributed by atoms with E-state index in [0.29, 0.717) is 6.54 Å². The molecular formula is C14H19F2NO. The van der Waals surface area contributed by atoms with E-state index in [4.69, 9.17) is 0 Å². The van der Waals surface area contributed by atoms with Gasteiger partial charge in [0.1, 0.15) is 0 Å². The van der Waals surface area contributed by atoms with E-state index in [1.807, 2.05) is 0 Å². The van der Waals surface area contributed by atoms with Crippen LogP contribution < -0.4 is 5.32 Å². The van der Waals surface area contributed by atoms with Crippen molar-refractivity contribution in [3.05, 3.63) is 35.4 Å². The van der Waals surface area contributed by atoms with Crippen molar-refractivity contribution in [1.82, 2.24) is 5.32 Å². The molecule has 1 saturated carbocycles. The summed E-state index contributed by atoms with van der Waals surface area (Å²) in [5.74, 6) is -1.63. The minimum absolute atomic E-state index is 0.0153. The predicted octanol–water partition coefficient (Wildman–Crippen LogP) is 2.61. The van der Waals surface area contributed by atoms with Gasteiger partial charge in [-0.25, -0.2) is 8.78 Å². The Hall–Kier alpha value is -1.00. The Morgan fingerprint density at radius 3 is 2.50 bits per heavy atom. The largest absolute Gasteiger partial charge is 0.396 e. The van der Waals surface area contributed by atoms with Gasteiger partial charge in [-0.15, -0.1) is 0 Å². The Bertz CT molecular complexity index is 403. The summed E-state index contributed by atoms with van der Waals surface area (Å²) >= 11 is 0. The number of aliphatic hydroxyl groups excluding tert-OH is 1. The van der Waals surface area contributed by atoms with Crippen molar-refractivity contribution in [2.24, 2.45) is 5.41 Å². The number of benzene rings is 1. The fourth-order valence-corrected chi connectivity index (χ4v) is 2.64. The van der Waals surface area contributed by atoms with Gasteiger partial charge in [-0.2, -0.15) is 0 Å². The Balaban J connectivity index is 1.86. The van der Waals surface area contributed by atoms with Crippen LogP contribution in [0.25, 0.3) is 0 Å². The van der Waals surface area contributed by atoms with Gasteiger partial charge in [-0.1, -0.05) is 18.9 Å². The lowest BCUT2D eigenvalue weighted by atomic mass is 9.87. The highest BCUT2D eigenvalue weighted by atomic mass is 19.2. The van der Waals surface area contributed by atoms with E-state index in [-0.39, 0.29) is 12.0 Å². The molecule has 0 aliphatic heterocycles. The monoisotopic (exact) mass is 255 g/mol. The standard InChI is InChI=1S/C14H19F2NO/c15-12-4-3-11(7-13(12)16)8-17-9-14(10-18)5-1-2-6-14/h3-4,7,17-18H,1-2,5-6,8-10H2. The minimum Gasteiger partial charge on any atom is -0.396 e. The van der Waals surface area contributed by atoms with Gasteiger partial charge in [0.05, 0.1) is 0 Å². The number of nitrogens with one attached hydrogen (secondary N) is 1. The predicted molar refractivity (Wildman–Crippen MR) is 66.1 cm³/mol. The van der Waals surface area contributed by atoms with Crippen LogP contribution in [0.3, 0.4) is 0 Å². The average molecular weight is 255 g/mol. The van der Waals surface area contributed by atoms with Crippen LogP contribution in [0, 0.1) is 17.0 Å². The highest BCUT2D eigenvalue weighted by Crippen LogP contribution is 2.36. The molecule has 0 aromatic heterocycles. The molecule has 0 saturated heterocycles. The number of hydrogen-bond acceptors (Lipinski definition) is 2. The molecule has 0 spiro atoms. The van der Waals surface area contributed by atoms with Crippen LogP contribution in [0.4, 0.5) is 8.78 Å². The molecule has 1 aliphatic rings. The van der Waals surface area contributed by atoms with Crippen LogP contribution >= 0.6 is 0 Å². The second-order valence-corrected chi connectivity index (χ2v) is 5.22. The first-order chi connectivity index (χ1) is 8.65. The normalized spacial score (nSPS) is 18.2. The van der Waals surface area contributed by atoms with E-state index in [1.54, 1.807) is 6.07 Å². The molecule has 0 bridgehead atoms. The highest BCUT2D eigenvalue weighted by molar-refractivity contribution is 5.17. The van der Waals surface area contributed by atoms with Gasteiger partial charge in [0.2, 0.25) is 0 Å². The maximum Gasteiger partial charge on any atom is 0.159 e. The van der Waals surface area contributed by atoms with Crippen molar-refractivity contribution < 1.29 is 13.9 Å². The van der Waals surface area contributed by atoms with E-state index in [2.05, 4.69) is 5.32 Å². The SMILES string of the molecule is OCC1(CNCc2ccc(F)c(F)c2)CCCC1. The molecule has 0 amide bonds. The fourth-order valence-electron chi connectivity index (χ4n) is 2.64. The third-order valence-corrected chi connectivity index (χ3v) is 3.81. The van der Waals surface area contributed by atoms with Crippen LogP contribution in [0.5, 0.6) is 0 Å². The van der Waals surface area contributed by atoms with Crippen LogP contribution in [-0.2, 0) is 6.54 Å². The van der Waals surface area contributed by atoms with Gasteiger partial charge in [0, 0.05) is 25.1 Å². The van der Waals surface area contributed by atoms with E-state index >= 15 is 0 Å². The molecule has 100 valence electrons. The summed E-state index contributed by atoms with van der Waals surface area (Å²) in [6, 6.07) is 3.93. The molecule has 2 nitrogen and oxygen atoms in total. The zero-order chi connectivity index (χ0) is 13.0. The van der Waals surface area contributed by atoms with Crippen LogP contribution in [0.2, 0.25) is 0 Å². The number of hydrogen-bond donors (Lipinski definition) is 2. The van der Waals surface area contributed by atoms with Gasteiger partial charge in [-0.3, -0.25) is 0 Å². The first-order valence-electron chi connectivity index (χ1n) is 6.41. The summed E-state index contributed by atoms with van der Waals surface area (Å²) in [4.78, 5) is 0. The summed E-state index contributed by atoms with van der Waals surface area (Å²) < 4.78 is 25.8. The molecule has 0 heterocycles. The molecule has 0 unspecified atom stereocenters. The molecule has 4 heteroatoms. The summed E-state index contributed by atoms with van der Waals surface area (Å²) in [6.45, 7) is 1.42. The molecule has 18 heavy (non-hydrogen) atoms. The van der Waals surface area contributed by atoms with Crippen LogP contribution in [0.15, 0.2) is 18.2 Å². The molecule has 1 aliphatic carbocycles. The smallest absolute Gasteiger partial charge is 0.159 e. The lowest BCUT2D eigenvalue weighted by Crippen LogP contribution is -2.34. The fraction of sp³-hybridized carbons (Fsp3) is 0.571. The topological polar surface area (TPSA) is 32.3 Å². The van der Waals surface area contributed by atoms with E-state index in [9.17, 15) is 13.9 Å². The second-order valence-electron chi connectivity index (χ2n) is 5.22. The lowest BCUT2D eigenvalue weighted by Gasteiger charge is -2.26. The van der Waals surface area contributed by atoms with E-state index in [0.717, 1.165) is 43.9 Å². The summed E-state index contributed by atoms with van der Waals surface area (Å²) in [6.07, 6.45) is 4.39. The quantitative estimate of drug-likeness (QED) is 0.847. The lowest BCUT2D eigenvalue weighted by molar-refractivity contribution is 0.128. The second kappa shape index (κ2) is 5.76. The minimum atomic E-state index is -0.818. The van der Waals surface area contributed by atoms with Crippen LogP contribution in [0.1, 0.15) is 31.2 Å². The molecular weight excluding hydrogens is 236 g/mol. The molecule has 2 rings (SSSR count). The van der Waals surface area contributed by atoms with Gasteiger partial charge in [0.15, 0.2) is 11.6 Å². The van der Waals surface area contributed by atoms with E-state index < -0.39 is 11.6 Å². The van der Waals surface area contributed by atoms with Crippen molar-refractivity contribution in [2.75, 3.05) is 13.2 Å². The van der Waals surface area contributed by atoms with Crippen molar-refractivity contribution in [3.63, 3.8) is 0 Å². The summed E-state index contributed by atoms with van der Waals surface area (Å²) in [5.41, 5.74) is 0.707. The summed E-state index contributed by atoms with van der Waals surface area (Å²) in [5, 5.41) is 12.7. The van der Waals surface area contributed by atoms with Crippen molar-refractivity contribution in [3.8, 4) is 0 Å². The van der Waals surface area contributed by atoms with E-state index in [1.165, 1.54) is 6.07 Å². The molecule has 0 radical (unpaired) electrons. The average Bonchev–Trinajstić information content (AvgIpc) is 2.83. The number of halogens is 2. The van der Waals surface area contributed by atoms with Gasteiger partial charge < -0.3 is 10.4 Å². The number of aliphatic hydroxyl groups is 1. The van der Waals surface area contributed by atoms with Gasteiger partial charge >= 0.3 is 0 Å². The molecule has 0 atom stereocenters. The van der Waals surface area contributed by atoms with Crippen LogP contribution in [-0.4, -0.2) is 18.3 Å². The zero-order valence-electron chi connectivity index (χ0n) is 10.4. The Kier molecular flexibility index (Phi) is 4.30. The summed E-state index contributed by atoms with van der Waals surface area (Å²) in [7, 11) is 0. The Morgan fingerprint density at radius 2 is 1.89 bits per heavy atom. The molecule has 2 N–H and O–H groups in total.